The van der Waals surface area contributed by atoms with E-state index in [0.29, 0.717) is 5.56 Å². The van der Waals surface area contributed by atoms with Gasteiger partial charge in [0.2, 0.25) is 0 Å². The molecule has 0 aliphatic rings. The van der Waals surface area contributed by atoms with Gasteiger partial charge in [0.1, 0.15) is 0 Å². The number of aryl methyl sites for hydroxylation is 1. The second-order valence-electron chi connectivity index (χ2n) is 5.12. The van der Waals surface area contributed by atoms with Crippen molar-refractivity contribution in [3.05, 3.63) is 35.9 Å². The standard InChI is InChI=1S/C14H21N5O/c1-5-12(13-6-7-15-18(13)4)17-14(20)11-8-16-19(9-11)10(2)3/h6-10,12H,5H2,1-4H3,(H,17,20)/t12-/m0/s1. The Morgan fingerprint density at radius 3 is 2.65 bits per heavy atom. The Balaban J connectivity index is 2.11. The number of rotatable bonds is 5. The van der Waals surface area contributed by atoms with Gasteiger partial charge in [-0.25, -0.2) is 0 Å². The van der Waals surface area contributed by atoms with Gasteiger partial charge in [-0.05, 0) is 26.3 Å². The van der Waals surface area contributed by atoms with Gasteiger partial charge in [0, 0.05) is 25.5 Å². The van der Waals surface area contributed by atoms with Gasteiger partial charge in [-0.1, -0.05) is 6.92 Å². The SMILES string of the molecule is CC[C@H](NC(=O)c1cnn(C(C)C)c1)c1ccnn1C. The monoisotopic (exact) mass is 275 g/mol. The van der Waals surface area contributed by atoms with Crippen LogP contribution in [-0.2, 0) is 7.05 Å². The number of nitrogens with zero attached hydrogens (tertiary/aromatic N) is 4. The van der Waals surface area contributed by atoms with E-state index in [1.807, 2.05) is 33.9 Å². The number of aromatic nitrogens is 4. The third-order valence-corrected chi connectivity index (χ3v) is 3.32. The fourth-order valence-corrected chi connectivity index (χ4v) is 2.09. The molecule has 0 aliphatic heterocycles. The number of amides is 1. The van der Waals surface area contributed by atoms with Crippen LogP contribution in [0.2, 0.25) is 0 Å². The maximum atomic E-state index is 12.3. The molecule has 6 nitrogen and oxygen atoms in total. The minimum Gasteiger partial charge on any atom is -0.344 e. The highest BCUT2D eigenvalue weighted by Crippen LogP contribution is 2.16. The molecule has 0 saturated carbocycles. The molecule has 0 bridgehead atoms. The predicted octanol–water partition coefficient (Wildman–Crippen LogP) is 2.08. The summed E-state index contributed by atoms with van der Waals surface area (Å²) >= 11 is 0. The molecule has 2 aromatic rings. The first-order valence-corrected chi connectivity index (χ1v) is 6.85. The molecule has 0 unspecified atom stereocenters. The molecule has 20 heavy (non-hydrogen) atoms. The van der Waals surface area contributed by atoms with Crippen LogP contribution in [0.25, 0.3) is 0 Å². The summed E-state index contributed by atoms with van der Waals surface area (Å²) in [5.74, 6) is -0.107. The van der Waals surface area contributed by atoms with Crippen molar-refractivity contribution in [2.45, 2.75) is 39.3 Å². The van der Waals surface area contributed by atoms with Gasteiger partial charge in [-0.15, -0.1) is 0 Å². The largest absolute Gasteiger partial charge is 0.344 e. The van der Waals surface area contributed by atoms with Crippen LogP contribution in [0.3, 0.4) is 0 Å². The first kappa shape index (κ1) is 14.3. The Hall–Kier alpha value is -2.11. The van der Waals surface area contributed by atoms with Crippen LogP contribution in [0.15, 0.2) is 24.7 Å². The molecule has 0 spiro atoms. The summed E-state index contributed by atoms with van der Waals surface area (Å²) in [5, 5.41) is 11.4. The zero-order valence-electron chi connectivity index (χ0n) is 12.4. The van der Waals surface area contributed by atoms with E-state index in [0.717, 1.165) is 12.1 Å². The van der Waals surface area contributed by atoms with E-state index in [1.165, 1.54) is 0 Å². The summed E-state index contributed by atoms with van der Waals surface area (Å²) < 4.78 is 3.56. The van der Waals surface area contributed by atoms with Crippen molar-refractivity contribution in [1.29, 1.82) is 0 Å². The first-order valence-electron chi connectivity index (χ1n) is 6.85. The van der Waals surface area contributed by atoms with Crippen molar-refractivity contribution < 1.29 is 4.79 Å². The fraction of sp³-hybridized carbons (Fsp3) is 0.500. The maximum Gasteiger partial charge on any atom is 0.255 e. The second kappa shape index (κ2) is 5.90. The lowest BCUT2D eigenvalue weighted by molar-refractivity contribution is 0.0934. The lowest BCUT2D eigenvalue weighted by Crippen LogP contribution is -2.29. The Morgan fingerprint density at radius 2 is 2.15 bits per heavy atom. The van der Waals surface area contributed by atoms with E-state index in [-0.39, 0.29) is 18.0 Å². The molecule has 1 atom stereocenters. The molecule has 108 valence electrons. The first-order chi connectivity index (χ1) is 9.52. The van der Waals surface area contributed by atoms with Gasteiger partial charge in [0.05, 0.1) is 23.5 Å². The Labute approximate surface area is 118 Å². The van der Waals surface area contributed by atoms with Crippen LogP contribution in [0.5, 0.6) is 0 Å². The second-order valence-corrected chi connectivity index (χ2v) is 5.12. The number of hydrogen-bond donors (Lipinski definition) is 1. The number of carbonyl (C=O) groups excluding carboxylic acids is 1. The van der Waals surface area contributed by atoms with Gasteiger partial charge in [-0.2, -0.15) is 10.2 Å². The minimum atomic E-state index is -0.107. The summed E-state index contributed by atoms with van der Waals surface area (Å²) in [7, 11) is 1.88. The molecule has 0 fully saturated rings. The number of nitrogens with one attached hydrogen (secondary N) is 1. The summed E-state index contributed by atoms with van der Waals surface area (Å²) in [6.07, 6.45) is 5.92. The lowest BCUT2D eigenvalue weighted by Gasteiger charge is -2.16. The third kappa shape index (κ3) is 2.89. The third-order valence-electron chi connectivity index (χ3n) is 3.32. The number of hydrogen-bond acceptors (Lipinski definition) is 3. The van der Waals surface area contributed by atoms with Crippen LogP contribution in [0.1, 0.15) is 55.3 Å². The van der Waals surface area contributed by atoms with Crippen molar-refractivity contribution >= 4 is 5.91 Å². The zero-order chi connectivity index (χ0) is 14.7. The molecule has 0 aromatic carbocycles. The normalized spacial score (nSPS) is 12.7. The minimum absolute atomic E-state index is 0.0441. The van der Waals surface area contributed by atoms with Gasteiger partial charge in [-0.3, -0.25) is 14.2 Å². The van der Waals surface area contributed by atoms with Crippen molar-refractivity contribution in [3.63, 3.8) is 0 Å². The molecule has 0 aliphatic carbocycles. The summed E-state index contributed by atoms with van der Waals surface area (Å²) in [6, 6.07) is 2.12. The number of carbonyl (C=O) groups is 1. The van der Waals surface area contributed by atoms with Crippen molar-refractivity contribution in [1.82, 2.24) is 24.9 Å². The molecule has 2 rings (SSSR count). The zero-order valence-corrected chi connectivity index (χ0v) is 12.4. The highest BCUT2D eigenvalue weighted by Gasteiger charge is 2.18. The average molecular weight is 275 g/mol. The van der Waals surface area contributed by atoms with E-state index in [2.05, 4.69) is 15.5 Å². The van der Waals surface area contributed by atoms with Gasteiger partial charge in [0.25, 0.3) is 5.91 Å². The molecule has 0 saturated heterocycles. The quantitative estimate of drug-likeness (QED) is 0.908. The topological polar surface area (TPSA) is 64.7 Å². The van der Waals surface area contributed by atoms with Crippen molar-refractivity contribution in [3.8, 4) is 0 Å². The van der Waals surface area contributed by atoms with Gasteiger partial charge in [0.15, 0.2) is 0 Å². The van der Waals surface area contributed by atoms with Crippen molar-refractivity contribution in [2.75, 3.05) is 0 Å². The van der Waals surface area contributed by atoms with E-state index < -0.39 is 0 Å². The van der Waals surface area contributed by atoms with Crippen molar-refractivity contribution in [2.24, 2.45) is 7.05 Å². The highest BCUT2D eigenvalue weighted by molar-refractivity contribution is 5.93. The van der Waals surface area contributed by atoms with E-state index >= 15 is 0 Å². The predicted molar refractivity (Wildman–Crippen MR) is 76.3 cm³/mol. The van der Waals surface area contributed by atoms with Crippen LogP contribution in [0.4, 0.5) is 0 Å². The molecular formula is C14H21N5O. The Kier molecular flexibility index (Phi) is 4.22. The smallest absolute Gasteiger partial charge is 0.255 e. The molecule has 2 aromatic heterocycles. The molecule has 1 amide bonds. The Bertz CT molecular complexity index is 584. The molecular weight excluding hydrogens is 254 g/mol. The fourth-order valence-electron chi connectivity index (χ4n) is 2.09. The lowest BCUT2D eigenvalue weighted by atomic mass is 10.1. The van der Waals surface area contributed by atoms with Crippen LogP contribution in [-0.4, -0.2) is 25.5 Å². The summed E-state index contributed by atoms with van der Waals surface area (Å²) in [4.78, 5) is 12.3. The van der Waals surface area contributed by atoms with Gasteiger partial charge >= 0.3 is 0 Å². The van der Waals surface area contributed by atoms with E-state index in [4.69, 9.17) is 0 Å². The molecule has 2 heterocycles. The highest BCUT2D eigenvalue weighted by atomic mass is 16.1. The van der Waals surface area contributed by atoms with Crippen LogP contribution in [0, 0.1) is 0 Å². The van der Waals surface area contributed by atoms with E-state index in [1.54, 1.807) is 28.0 Å². The Morgan fingerprint density at radius 1 is 1.40 bits per heavy atom. The summed E-state index contributed by atoms with van der Waals surface area (Å²) in [6.45, 7) is 6.09. The van der Waals surface area contributed by atoms with Crippen LogP contribution < -0.4 is 5.32 Å². The molecule has 1 N–H and O–H groups in total. The molecule has 0 radical (unpaired) electrons. The van der Waals surface area contributed by atoms with Crippen LogP contribution >= 0.6 is 0 Å². The molecule has 6 heteroatoms. The summed E-state index contributed by atoms with van der Waals surface area (Å²) in [5.41, 5.74) is 1.58. The van der Waals surface area contributed by atoms with Gasteiger partial charge < -0.3 is 5.32 Å². The van der Waals surface area contributed by atoms with E-state index in [9.17, 15) is 4.79 Å². The maximum absolute atomic E-state index is 12.3. The average Bonchev–Trinajstić information content (AvgIpc) is 3.04.